The summed E-state index contributed by atoms with van der Waals surface area (Å²) in [5.74, 6) is 6.15. The first kappa shape index (κ1) is 23.8. The summed E-state index contributed by atoms with van der Waals surface area (Å²) in [5.41, 5.74) is 11.8. The number of nitrogens with two attached hydrogens (primary N) is 1. The van der Waals surface area contributed by atoms with E-state index in [2.05, 4.69) is 48.5 Å². The number of carbonyl (C=O) groups excluding carboxylic acids is 1. The van der Waals surface area contributed by atoms with E-state index >= 15 is 0 Å². The number of rotatable bonds is 4. The number of aromatic nitrogens is 6. The molecule has 6 aromatic rings. The van der Waals surface area contributed by atoms with Crippen molar-refractivity contribution < 1.29 is 4.79 Å². The maximum Gasteiger partial charge on any atom is 0.259 e. The maximum atomic E-state index is 13.4. The van der Waals surface area contributed by atoms with Crippen molar-refractivity contribution in [2.24, 2.45) is 0 Å². The lowest BCUT2D eigenvalue weighted by Gasteiger charge is -2.19. The van der Waals surface area contributed by atoms with Gasteiger partial charge < -0.3 is 11.1 Å². The molecule has 2 aromatic carbocycles. The van der Waals surface area contributed by atoms with Gasteiger partial charge in [0, 0.05) is 35.7 Å². The molecule has 1 amide bonds. The molecule has 6 rings (SSSR count). The van der Waals surface area contributed by atoms with Crippen molar-refractivity contribution in [2.75, 3.05) is 5.73 Å². The molecule has 0 bridgehead atoms. The smallest absolute Gasteiger partial charge is 0.259 e. The van der Waals surface area contributed by atoms with Crippen molar-refractivity contribution in [1.82, 2.24) is 35.1 Å². The van der Waals surface area contributed by atoms with E-state index < -0.39 is 6.04 Å². The van der Waals surface area contributed by atoms with E-state index in [1.54, 1.807) is 37.1 Å². The SMILES string of the molecule is C[C@H](NC(=O)c1c(N)nn2cccnc12)c1cc2nncc(C#Cc3ccncc3)c2cc1-c1ccccc1. The van der Waals surface area contributed by atoms with Crippen LogP contribution in [-0.2, 0) is 0 Å². The Morgan fingerprint density at radius 1 is 1.03 bits per heavy atom. The molecule has 3 N–H and O–H groups in total. The number of fused-ring (bicyclic) bond motifs is 2. The fourth-order valence-corrected chi connectivity index (χ4v) is 4.49. The van der Waals surface area contributed by atoms with Gasteiger partial charge in [-0.1, -0.05) is 42.2 Å². The third kappa shape index (κ3) is 4.63. The lowest BCUT2D eigenvalue weighted by Crippen LogP contribution is -2.27. The summed E-state index contributed by atoms with van der Waals surface area (Å²) >= 11 is 0. The van der Waals surface area contributed by atoms with E-state index in [-0.39, 0.29) is 17.3 Å². The first-order valence-electron chi connectivity index (χ1n) is 12.2. The fourth-order valence-electron chi connectivity index (χ4n) is 4.49. The third-order valence-electron chi connectivity index (χ3n) is 6.38. The van der Waals surface area contributed by atoms with Crippen molar-refractivity contribution in [3.8, 4) is 23.0 Å². The summed E-state index contributed by atoms with van der Waals surface area (Å²) in [7, 11) is 0. The predicted octanol–water partition coefficient (Wildman–Crippen LogP) is 4.21. The van der Waals surface area contributed by atoms with Gasteiger partial charge in [0.25, 0.3) is 5.91 Å². The van der Waals surface area contributed by atoms with Crippen LogP contribution in [0.15, 0.2) is 91.6 Å². The van der Waals surface area contributed by atoms with Crippen molar-refractivity contribution in [3.63, 3.8) is 0 Å². The minimum absolute atomic E-state index is 0.114. The number of anilines is 1. The number of hydrogen-bond donors (Lipinski definition) is 2. The monoisotopic (exact) mass is 510 g/mol. The van der Waals surface area contributed by atoms with Crippen molar-refractivity contribution in [3.05, 3.63) is 114 Å². The number of benzene rings is 2. The summed E-state index contributed by atoms with van der Waals surface area (Å²) in [4.78, 5) is 21.7. The van der Waals surface area contributed by atoms with E-state index in [1.165, 1.54) is 4.52 Å². The highest BCUT2D eigenvalue weighted by Crippen LogP contribution is 2.33. The van der Waals surface area contributed by atoms with Crippen LogP contribution in [0.5, 0.6) is 0 Å². The number of pyridine rings is 1. The van der Waals surface area contributed by atoms with E-state index in [0.717, 1.165) is 33.2 Å². The van der Waals surface area contributed by atoms with E-state index in [1.807, 2.05) is 55.5 Å². The number of hydrogen-bond acceptors (Lipinski definition) is 7. The van der Waals surface area contributed by atoms with Crippen molar-refractivity contribution in [2.45, 2.75) is 13.0 Å². The van der Waals surface area contributed by atoms with Gasteiger partial charge in [-0.15, -0.1) is 5.10 Å². The fraction of sp³-hybridized carbons (Fsp3) is 0.0667. The molecule has 9 heteroatoms. The zero-order chi connectivity index (χ0) is 26.8. The van der Waals surface area contributed by atoms with E-state index in [4.69, 9.17) is 5.73 Å². The average Bonchev–Trinajstić information content (AvgIpc) is 3.32. The van der Waals surface area contributed by atoms with Gasteiger partial charge in [0.2, 0.25) is 0 Å². The molecular weight excluding hydrogens is 488 g/mol. The largest absolute Gasteiger partial charge is 0.381 e. The molecule has 1 atom stereocenters. The first-order valence-corrected chi connectivity index (χ1v) is 12.2. The molecule has 0 saturated carbocycles. The Hall–Kier alpha value is -5.62. The first-order chi connectivity index (χ1) is 19.1. The summed E-state index contributed by atoms with van der Waals surface area (Å²) in [6.07, 6.45) is 8.38. The van der Waals surface area contributed by atoms with Crippen LogP contribution >= 0.6 is 0 Å². The van der Waals surface area contributed by atoms with Gasteiger partial charge in [-0.2, -0.15) is 10.2 Å². The Morgan fingerprint density at radius 2 is 1.85 bits per heavy atom. The summed E-state index contributed by atoms with van der Waals surface area (Å²) < 4.78 is 1.49. The summed E-state index contributed by atoms with van der Waals surface area (Å²) in [6.45, 7) is 1.92. The number of nitrogens with zero attached hydrogens (tertiary/aromatic N) is 6. The van der Waals surface area contributed by atoms with Crippen molar-refractivity contribution >= 4 is 28.3 Å². The van der Waals surface area contributed by atoms with Gasteiger partial charge in [0.15, 0.2) is 11.5 Å². The Kier molecular flexibility index (Phi) is 6.11. The molecule has 39 heavy (non-hydrogen) atoms. The molecule has 0 fully saturated rings. The number of amides is 1. The minimum atomic E-state index is -0.400. The van der Waals surface area contributed by atoms with Crippen LogP contribution < -0.4 is 11.1 Å². The van der Waals surface area contributed by atoms with Gasteiger partial charge in [-0.05, 0) is 53.9 Å². The van der Waals surface area contributed by atoms with E-state index in [0.29, 0.717) is 11.2 Å². The number of carbonyl (C=O) groups is 1. The standard InChI is InChI=1S/C30H22N8O/c1-19(35-30(39)27-28(31)37-38-15-5-12-33-29(27)38)23-17-26-25(16-24(23)21-6-3-2-4-7-21)22(18-34-36-26)9-8-20-10-13-32-14-11-20/h2-7,10-19H,1H3,(H2,31,37)(H,35,39)/t19-/m0/s1. The second-order valence-electron chi connectivity index (χ2n) is 8.91. The molecule has 9 nitrogen and oxygen atoms in total. The molecule has 0 radical (unpaired) electrons. The van der Waals surface area contributed by atoms with Crippen LogP contribution in [0, 0.1) is 11.8 Å². The Morgan fingerprint density at radius 3 is 2.67 bits per heavy atom. The molecule has 0 unspecified atom stereocenters. The lowest BCUT2D eigenvalue weighted by molar-refractivity contribution is 0.0942. The number of nitrogens with one attached hydrogen (secondary N) is 1. The summed E-state index contributed by atoms with van der Waals surface area (Å²) in [6, 6.07) is 19.0. The third-order valence-corrected chi connectivity index (χ3v) is 6.38. The van der Waals surface area contributed by atoms with Crippen LogP contribution in [0.4, 0.5) is 5.82 Å². The minimum Gasteiger partial charge on any atom is -0.381 e. The zero-order valence-electron chi connectivity index (χ0n) is 20.9. The second-order valence-corrected chi connectivity index (χ2v) is 8.91. The van der Waals surface area contributed by atoms with Gasteiger partial charge >= 0.3 is 0 Å². The van der Waals surface area contributed by atoms with Crippen LogP contribution in [0.1, 0.15) is 40.0 Å². The quantitative estimate of drug-likeness (QED) is 0.341. The summed E-state index contributed by atoms with van der Waals surface area (Å²) in [5, 5.41) is 16.7. The van der Waals surface area contributed by atoms with Gasteiger partial charge in [-0.25, -0.2) is 9.50 Å². The highest BCUT2D eigenvalue weighted by molar-refractivity contribution is 6.04. The molecule has 4 aromatic heterocycles. The Bertz CT molecular complexity index is 1890. The highest BCUT2D eigenvalue weighted by Gasteiger charge is 2.23. The molecule has 0 aliphatic heterocycles. The molecular formula is C30H22N8O. The van der Waals surface area contributed by atoms with Crippen LogP contribution in [-0.4, -0.2) is 35.7 Å². The maximum absolute atomic E-state index is 13.4. The second kappa shape index (κ2) is 10.0. The van der Waals surface area contributed by atoms with Crippen molar-refractivity contribution in [1.29, 1.82) is 0 Å². The Labute approximate surface area is 223 Å². The normalized spacial score (nSPS) is 11.6. The number of nitrogen functional groups attached to an aromatic ring is 1. The molecule has 0 spiro atoms. The molecule has 0 saturated heterocycles. The predicted molar refractivity (Wildman–Crippen MR) is 148 cm³/mol. The molecule has 0 aliphatic carbocycles. The highest BCUT2D eigenvalue weighted by atomic mass is 16.1. The average molecular weight is 511 g/mol. The molecule has 4 heterocycles. The van der Waals surface area contributed by atoms with Gasteiger partial charge in [0.05, 0.1) is 23.3 Å². The lowest BCUT2D eigenvalue weighted by atomic mass is 9.92. The zero-order valence-corrected chi connectivity index (χ0v) is 20.9. The topological polar surface area (TPSA) is 124 Å². The molecule has 0 aliphatic rings. The van der Waals surface area contributed by atoms with Crippen LogP contribution in [0.2, 0.25) is 0 Å². The van der Waals surface area contributed by atoms with Crippen LogP contribution in [0.25, 0.3) is 27.7 Å². The van der Waals surface area contributed by atoms with Gasteiger partial charge in [0.1, 0.15) is 5.56 Å². The van der Waals surface area contributed by atoms with Gasteiger partial charge in [-0.3, -0.25) is 9.78 Å². The Balaban J connectivity index is 1.43. The van der Waals surface area contributed by atoms with Crippen LogP contribution in [0.3, 0.4) is 0 Å². The molecule has 188 valence electrons. The van der Waals surface area contributed by atoms with E-state index in [9.17, 15) is 4.79 Å².